The monoisotopic (exact) mass is 246 g/mol. The fourth-order valence-electron chi connectivity index (χ4n) is 1.37. The Morgan fingerprint density at radius 1 is 1.29 bits per heavy atom. The second-order valence-electron chi connectivity index (χ2n) is 4.40. The van der Waals surface area contributed by atoms with Crippen molar-refractivity contribution in [2.75, 3.05) is 14.1 Å². The van der Waals surface area contributed by atoms with E-state index in [1.165, 1.54) is 12.3 Å². The molecule has 0 aliphatic carbocycles. The Morgan fingerprint density at radius 2 is 1.94 bits per heavy atom. The number of aryl methyl sites for hydroxylation is 1. The van der Waals surface area contributed by atoms with Gasteiger partial charge in [-0.25, -0.2) is 0 Å². The van der Waals surface area contributed by atoms with Crippen LogP contribution in [0.15, 0.2) is 18.3 Å². The molecule has 0 fully saturated rings. The predicted molar refractivity (Wildman–Crippen MR) is 60.7 cm³/mol. The molecule has 96 valence electrons. The number of hydrogen-bond acceptors (Lipinski definition) is 2. The van der Waals surface area contributed by atoms with E-state index in [2.05, 4.69) is 16.8 Å². The summed E-state index contributed by atoms with van der Waals surface area (Å²) in [6.07, 6.45) is -1.40. The maximum absolute atomic E-state index is 12.3. The highest BCUT2D eigenvalue weighted by molar-refractivity contribution is 5.16. The van der Waals surface area contributed by atoms with Crippen LogP contribution >= 0.6 is 0 Å². The standard InChI is InChI=1S/C12H17F3N2/c1-9(17(2)3)4-5-10-6-7-11(16-8-10)12(13,14)15/h6-9H,4-5H2,1-3H3. The van der Waals surface area contributed by atoms with Crippen molar-refractivity contribution in [2.24, 2.45) is 0 Å². The van der Waals surface area contributed by atoms with Gasteiger partial charge in [0, 0.05) is 12.2 Å². The van der Waals surface area contributed by atoms with Gasteiger partial charge < -0.3 is 4.90 Å². The molecule has 0 amide bonds. The highest BCUT2D eigenvalue weighted by Crippen LogP contribution is 2.27. The Labute approximate surface area is 99.5 Å². The molecule has 1 heterocycles. The zero-order valence-corrected chi connectivity index (χ0v) is 10.3. The molecule has 0 radical (unpaired) electrons. The van der Waals surface area contributed by atoms with Crippen LogP contribution < -0.4 is 0 Å². The van der Waals surface area contributed by atoms with Gasteiger partial charge in [-0.2, -0.15) is 13.2 Å². The van der Waals surface area contributed by atoms with Crippen molar-refractivity contribution in [2.45, 2.75) is 32.0 Å². The highest BCUT2D eigenvalue weighted by Gasteiger charge is 2.31. The van der Waals surface area contributed by atoms with Crippen molar-refractivity contribution < 1.29 is 13.2 Å². The summed E-state index contributed by atoms with van der Waals surface area (Å²) >= 11 is 0. The molecule has 0 saturated carbocycles. The summed E-state index contributed by atoms with van der Waals surface area (Å²) in [5, 5.41) is 0. The Hall–Kier alpha value is -1.10. The minimum absolute atomic E-state index is 0.400. The van der Waals surface area contributed by atoms with Gasteiger partial charge in [-0.1, -0.05) is 6.07 Å². The molecule has 0 N–H and O–H groups in total. The molecule has 0 saturated heterocycles. The van der Waals surface area contributed by atoms with E-state index < -0.39 is 11.9 Å². The summed E-state index contributed by atoms with van der Waals surface area (Å²) in [6, 6.07) is 2.94. The summed E-state index contributed by atoms with van der Waals surface area (Å²) in [5.74, 6) is 0. The van der Waals surface area contributed by atoms with Crippen LogP contribution in [0, 0.1) is 0 Å². The van der Waals surface area contributed by atoms with Crippen LogP contribution in [0.4, 0.5) is 13.2 Å². The van der Waals surface area contributed by atoms with Crippen LogP contribution in [0.25, 0.3) is 0 Å². The lowest BCUT2D eigenvalue weighted by atomic mass is 10.1. The summed E-state index contributed by atoms with van der Waals surface area (Å²) < 4.78 is 36.8. The van der Waals surface area contributed by atoms with Crippen molar-refractivity contribution in [3.05, 3.63) is 29.6 Å². The van der Waals surface area contributed by atoms with E-state index in [-0.39, 0.29) is 0 Å². The first-order valence-electron chi connectivity index (χ1n) is 5.49. The maximum atomic E-state index is 12.3. The van der Waals surface area contributed by atoms with Crippen LogP contribution in [-0.2, 0) is 12.6 Å². The van der Waals surface area contributed by atoms with Crippen LogP contribution in [0.1, 0.15) is 24.6 Å². The zero-order valence-electron chi connectivity index (χ0n) is 10.3. The minimum Gasteiger partial charge on any atom is -0.307 e. The summed E-state index contributed by atoms with van der Waals surface area (Å²) in [6.45, 7) is 2.08. The lowest BCUT2D eigenvalue weighted by Gasteiger charge is -2.19. The van der Waals surface area contributed by atoms with E-state index in [1.54, 1.807) is 0 Å². The first kappa shape index (κ1) is 14.0. The molecule has 1 aromatic heterocycles. The summed E-state index contributed by atoms with van der Waals surface area (Å²) in [7, 11) is 3.96. The van der Waals surface area contributed by atoms with Crippen molar-refractivity contribution in [3.8, 4) is 0 Å². The van der Waals surface area contributed by atoms with Crippen molar-refractivity contribution in [1.29, 1.82) is 0 Å². The van der Waals surface area contributed by atoms with E-state index in [0.717, 1.165) is 24.5 Å². The molecule has 5 heteroatoms. The van der Waals surface area contributed by atoms with Gasteiger partial charge in [0.15, 0.2) is 0 Å². The molecule has 1 atom stereocenters. The molecular weight excluding hydrogens is 229 g/mol. The third kappa shape index (κ3) is 4.34. The van der Waals surface area contributed by atoms with E-state index >= 15 is 0 Å². The molecule has 0 bridgehead atoms. The lowest BCUT2D eigenvalue weighted by Crippen LogP contribution is -2.24. The van der Waals surface area contributed by atoms with Crippen molar-refractivity contribution in [1.82, 2.24) is 9.88 Å². The van der Waals surface area contributed by atoms with Gasteiger partial charge in [0.05, 0.1) is 0 Å². The average molecular weight is 246 g/mol. The smallest absolute Gasteiger partial charge is 0.307 e. The van der Waals surface area contributed by atoms with Gasteiger partial charge in [0.1, 0.15) is 5.69 Å². The first-order valence-corrected chi connectivity index (χ1v) is 5.49. The van der Waals surface area contributed by atoms with E-state index in [1.807, 2.05) is 14.1 Å². The number of halogens is 3. The van der Waals surface area contributed by atoms with Crippen LogP contribution in [0.5, 0.6) is 0 Å². The number of pyridine rings is 1. The largest absolute Gasteiger partial charge is 0.433 e. The summed E-state index contributed by atoms with van der Waals surface area (Å²) in [4.78, 5) is 5.52. The van der Waals surface area contributed by atoms with Gasteiger partial charge in [0.25, 0.3) is 0 Å². The summed E-state index contributed by atoms with van der Waals surface area (Å²) in [5.41, 5.74) is 0.00797. The molecule has 2 nitrogen and oxygen atoms in total. The van der Waals surface area contributed by atoms with Crippen molar-refractivity contribution >= 4 is 0 Å². The number of hydrogen-bond donors (Lipinski definition) is 0. The van der Waals surface area contributed by atoms with E-state index in [9.17, 15) is 13.2 Å². The maximum Gasteiger partial charge on any atom is 0.433 e. The Bertz CT molecular complexity index is 344. The van der Waals surface area contributed by atoms with Gasteiger partial charge in [0.2, 0.25) is 0 Å². The van der Waals surface area contributed by atoms with Crippen molar-refractivity contribution in [3.63, 3.8) is 0 Å². The number of rotatable bonds is 4. The normalized spacial score (nSPS) is 14.1. The third-order valence-corrected chi connectivity index (χ3v) is 2.85. The zero-order chi connectivity index (χ0) is 13.1. The molecule has 1 aromatic rings. The second-order valence-corrected chi connectivity index (χ2v) is 4.40. The Morgan fingerprint density at radius 3 is 2.35 bits per heavy atom. The molecule has 0 spiro atoms. The lowest BCUT2D eigenvalue weighted by molar-refractivity contribution is -0.141. The first-order chi connectivity index (χ1) is 7.80. The fourth-order valence-corrected chi connectivity index (χ4v) is 1.37. The molecule has 0 aliphatic heterocycles. The van der Waals surface area contributed by atoms with E-state index in [4.69, 9.17) is 0 Å². The molecule has 1 rings (SSSR count). The highest BCUT2D eigenvalue weighted by atomic mass is 19.4. The predicted octanol–water partition coefficient (Wildman–Crippen LogP) is 2.98. The minimum atomic E-state index is -4.35. The second kappa shape index (κ2) is 5.49. The molecular formula is C12H17F3N2. The van der Waals surface area contributed by atoms with Crippen LogP contribution in [0.3, 0.4) is 0 Å². The average Bonchev–Trinajstić information content (AvgIpc) is 2.25. The molecule has 17 heavy (non-hydrogen) atoms. The number of nitrogens with zero attached hydrogens (tertiary/aromatic N) is 2. The SMILES string of the molecule is CC(CCc1ccc(C(F)(F)F)nc1)N(C)C. The molecule has 0 aromatic carbocycles. The third-order valence-electron chi connectivity index (χ3n) is 2.85. The van der Waals surface area contributed by atoms with Crippen LogP contribution in [-0.4, -0.2) is 30.0 Å². The van der Waals surface area contributed by atoms with Gasteiger partial charge in [-0.3, -0.25) is 4.98 Å². The molecule has 1 unspecified atom stereocenters. The molecule has 0 aliphatic rings. The quantitative estimate of drug-likeness (QED) is 0.812. The van der Waals surface area contributed by atoms with Gasteiger partial charge in [-0.15, -0.1) is 0 Å². The van der Waals surface area contributed by atoms with Gasteiger partial charge >= 0.3 is 6.18 Å². The van der Waals surface area contributed by atoms with E-state index in [0.29, 0.717) is 6.04 Å². The fraction of sp³-hybridized carbons (Fsp3) is 0.583. The number of alkyl halides is 3. The topological polar surface area (TPSA) is 16.1 Å². The van der Waals surface area contributed by atoms with Crippen LogP contribution in [0.2, 0.25) is 0 Å². The Balaban J connectivity index is 2.57. The van der Waals surface area contributed by atoms with Gasteiger partial charge in [-0.05, 0) is 45.5 Å². The Kier molecular flexibility index (Phi) is 4.51. The number of aromatic nitrogens is 1.